The van der Waals surface area contributed by atoms with Crippen molar-refractivity contribution < 1.29 is 4.39 Å². The molecular formula is C15H10ClFN2. The quantitative estimate of drug-likeness (QED) is 0.729. The Morgan fingerprint density at radius 2 is 1.84 bits per heavy atom. The molecule has 0 bridgehead atoms. The molecule has 2 nitrogen and oxygen atoms in total. The number of nitrogens with one attached hydrogen (secondary N) is 1. The van der Waals surface area contributed by atoms with Gasteiger partial charge in [0.1, 0.15) is 5.82 Å². The van der Waals surface area contributed by atoms with Crippen LogP contribution in [0.4, 0.5) is 4.39 Å². The van der Waals surface area contributed by atoms with Gasteiger partial charge >= 0.3 is 0 Å². The lowest BCUT2D eigenvalue weighted by Crippen LogP contribution is -1.86. The van der Waals surface area contributed by atoms with E-state index in [9.17, 15) is 4.39 Å². The predicted octanol–water partition coefficient (Wildman–Crippen LogP) is 4.54. The molecule has 0 aliphatic carbocycles. The summed E-state index contributed by atoms with van der Waals surface area (Å²) in [6, 6.07) is 14.2. The first-order valence-electron chi connectivity index (χ1n) is 5.79. The summed E-state index contributed by atoms with van der Waals surface area (Å²) in [5.74, 6) is -0.325. The molecule has 4 heteroatoms. The molecule has 0 aliphatic rings. The molecule has 0 unspecified atom stereocenters. The summed E-state index contributed by atoms with van der Waals surface area (Å²) in [5, 5.41) is 7.20. The number of aromatic nitrogens is 2. The Bertz CT molecular complexity index is 708. The van der Waals surface area contributed by atoms with E-state index in [0.717, 1.165) is 16.8 Å². The first kappa shape index (κ1) is 11.9. The van der Waals surface area contributed by atoms with Gasteiger partial charge in [-0.05, 0) is 35.9 Å². The van der Waals surface area contributed by atoms with E-state index in [2.05, 4.69) is 10.2 Å². The fourth-order valence-corrected chi connectivity index (χ4v) is 2.15. The van der Waals surface area contributed by atoms with Gasteiger partial charge in [0.2, 0.25) is 0 Å². The van der Waals surface area contributed by atoms with E-state index in [1.165, 1.54) is 6.07 Å². The van der Waals surface area contributed by atoms with Gasteiger partial charge in [0.25, 0.3) is 0 Å². The van der Waals surface area contributed by atoms with Crippen LogP contribution in [0, 0.1) is 5.82 Å². The maximum Gasteiger partial charge on any atom is 0.132 e. The highest BCUT2D eigenvalue weighted by molar-refractivity contribution is 6.30. The van der Waals surface area contributed by atoms with Crippen LogP contribution >= 0.6 is 11.6 Å². The lowest BCUT2D eigenvalue weighted by Gasteiger charge is -2.06. The van der Waals surface area contributed by atoms with Crippen molar-refractivity contribution in [2.24, 2.45) is 0 Å². The molecule has 0 fully saturated rings. The highest BCUT2D eigenvalue weighted by atomic mass is 35.5. The highest BCUT2D eigenvalue weighted by Crippen LogP contribution is 2.28. The van der Waals surface area contributed by atoms with E-state index in [1.807, 2.05) is 30.3 Å². The van der Waals surface area contributed by atoms with Crippen LogP contribution in [0.3, 0.4) is 0 Å². The average Bonchev–Trinajstić information content (AvgIpc) is 2.93. The van der Waals surface area contributed by atoms with Gasteiger partial charge in [0, 0.05) is 22.3 Å². The number of benzene rings is 2. The van der Waals surface area contributed by atoms with Crippen LogP contribution in [-0.2, 0) is 0 Å². The molecule has 0 aliphatic heterocycles. The minimum atomic E-state index is -0.325. The Kier molecular flexibility index (Phi) is 3.05. The standard InChI is InChI=1S/C15H10ClFN2/c16-12-4-5-13(14(17)9-12)10-2-1-3-11(8-10)15-6-7-18-19-15/h1-9H,(H,18,19). The Hall–Kier alpha value is -2.13. The van der Waals surface area contributed by atoms with Gasteiger partial charge in [-0.2, -0.15) is 5.10 Å². The summed E-state index contributed by atoms with van der Waals surface area (Å²) in [6.45, 7) is 0. The Morgan fingerprint density at radius 1 is 1.00 bits per heavy atom. The fourth-order valence-electron chi connectivity index (χ4n) is 1.99. The van der Waals surface area contributed by atoms with Gasteiger partial charge in [-0.1, -0.05) is 29.8 Å². The third-order valence-corrected chi connectivity index (χ3v) is 3.15. The van der Waals surface area contributed by atoms with Crippen molar-refractivity contribution in [1.29, 1.82) is 0 Å². The van der Waals surface area contributed by atoms with Crippen LogP contribution in [0.15, 0.2) is 54.7 Å². The lowest BCUT2D eigenvalue weighted by atomic mass is 10.0. The second-order valence-corrected chi connectivity index (χ2v) is 4.61. The topological polar surface area (TPSA) is 28.7 Å². The number of aromatic amines is 1. The van der Waals surface area contributed by atoms with E-state index in [-0.39, 0.29) is 5.82 Å². The Morgan fingerprint density at radius 3 is 2.58 bits per heavy atom. The minimum Gasteiger partial charge on any atom is -0.278 e. The van der Waals surface area contributed by atoms with Crippen LogP contribution in [0.1, 0.15) is 0 Å². The molecule has 1 N–H and O–H groups in total. The monoisotopic (exact) mass is 272 g/mol. The summed E-state index contributed by atoms with van der Waals surface area (Å²) in [5.41, 5.74) is 3.20. The molecule has 19 heavy (non-hydrogen) atoms. The molecule has 1 aromatic heterocycles. The third-order valence-electron chi connectivity index (χ3n) is 2.92. The normalized spacial score (nSPS) is 10.6. The number of rotatable bonds is 2. The largest absolute Gasteiger partial charge is 0.278 e. The number of halogens is 2. The molecular weight excluding hydrogens is 263 g/mol. The van der Waals surface area contributed by atoms with Crippen molar-refractivity contribution >= 4 is 11.6 Å². The zero-order valence-electron chi connectivity index (χ0n) is 9.90. The summed E-state index contributed by atoms with van der Waals surface area (Å²) in [4.78, 5) is 0. The number of hydrogen-bond donors (Lipinski definition) is 1. The second kappa shape index (κ2) is 4.86. The summed E-state index contributed by atoms with van der Waals surface area (Å²) < 4.78 is 13.9. The highest BCUT2D eigenvalue weighted by Gasteiger charge is 2.07. The fraction of sp³-hybridized carbons (Fsp3) is 0. The maximum atomic E-state index is 13.9. The average molecular weight is 273 g/mol. The molecule has 0 spiro atoms. The lowest BCUT2D eigenvalue weighted by molar-refractivity contribution is 0.631. The van der Waals surface area contributed by atoms with Gasteiger partial charge in [0.05, 0.1) is 5.69 Å². The molecule has 0 saturated carbocycles. The van der Waals surface area contributed by atoms with Gasteiger partial charge in [-0.15, -0.1) is 0 Å². The van der Waals surface area contributed by atoms with Gasteiger partial charge in [0.15, 0.2) is 0 Å². The van der Waals surface area contributed by atoms with Crippen LogP contribution in [-0.4, -0.2) is 10.2 Å². The van der Waals surface area contributed by atoms with E-state index in [4.69, 9.17) is 11.6 Å². The summed E-state index contributed by atoms with van der Waals surface area (Å²) in [6.07, 6.45) is 1.69. The van der Waals surface area contributed by atoms with Crippen molar-refractivity contribution in [2.45, 2.75) is 0 Å². The van der Waals surface area contributed by atoms with Crippen molar-refractivity contribution in [3.8, 4) is 22.4 Å². The molecule has 3 rings (SSSR count). The van der Waals surface area contributed by atoms with Crippen molar-refractivity contribution in [3.05, 3.63) is 65.6 Å². The number of hydrogen-bond acceptors (Lipinski definition) is 1. The Balaban J connectivity index is 2.08. The third kappa shape index (κ3) is 2.37. The zero-order chi connectivity index (χ0) is 13.2. The molecule has 1 heterocycles. The van der Waals surface area contributed by atoms with Crippen molar-refractivity contribution in [1.82, 2.24) is 10.2 Å². The summed E-state index contributed by atoms with van der Waals surface area (Å²) >= 11 is 5.76. The van der Waals surface area contributed by atoms with Gasteiger partial charge in [-0.3, -0.25) is 5.10 Å². The molecule has 0 atom stereocenters. The van der Waals surface area contributed by atoms with Crippen molar-refractivity contribution in [2.75, 3.05) is 0 Å². The molecule has 2 aromatic carbocycles. The van der Waals surface area contributed by atoms with E-state index < -0.39 is 0 Å². The summed E-state index contributed by atoms with van der Waals surface area (Å²) in [7, 11) is 0. The first-order valence-corrected chi connectivity index (χ1v) is 6.17. The van der Waals surface area contributed by atoms with Gasteiger partial charge in [-0.25, -0.2) is 4.39 Å². The van der Waals surface area contributed by atoms with Crippen LogP contribution in [0.5, 0.6) is 0 Å². The predicted molar refractivity (Wildman–Crippen MR) is 74.4 cm³/mol. The first-order chi connectivity index (χ1) is 9.24. The van der Waals surface area contributed by atoms with Crippen molar-refractivity contribution in [3.63, 3.8) is 0 Å². The van der Waals surface area contributed by atoms with Crippen LogP contribution in [0.25, 0.3) is 22.4 Å². The number of H-pyrrole nitrogens is 1. The molecule has 0 saturated heterocycles. The van der Waals surface area contributed by atoms with E-state index in [0.29, 0.717) is 10.6 Å². The maximum absolute atomic E-state index is 13.9. The zero-order valence-corrected chi connectivity index (χ0v) is 10.7. The van der Waals surface area contributed by atoms with E-state index in [1.54, 1.807) is 18.3 Å². The van der Waals surface area contributed by atoms with Crippen LogP contribution in [0.2, 0.25) is 5.02 Å². The van der Waals surface area contributed by atoms with E-state index >= 15 is 0 Å². The molecule has 94 valence electrons. The number of nitrogens with zero attached hydrogens (tertiary/aromatic N) is 1. The Labute approximate surface area is 114 Å². The smallest absolute Gasteiger partial charge is 0.132 e. The SMILES string of the molecule is Fc1cc(Cl)ccc1-c1cccc(-c2ccn[nH]2)c1. The molecule has 0 radical (unpaired) electrons. The minimum absolute atomic E-state index is 0.325. The second-order valence-electron chi connectivity index (χ2n) is 4.18. The van der Waals surface area contributed by atoms with Crippen LogP contribution < -0.4 is 0 Å². The van der Waals surface area contributed by atoms with Gasteiger partial charge < -0.3 is 0 Å². The molecule has 0 amide bonds. The molecule has 3 aromatic rings.